The van der Waals surface area contributed by atoms with E-state index in [1.807, 2.05) is 6.07 Å². The van der Waals surface area contributed by atoms with Crippen LogP contribution in [0.3, 0.4) is 0 Å². The molecule has 1 amide bonds. The Bertz CT molecular complexity index is 763. The number of para-hydroxylation sites is 1. The smallest absolute Gasteiger partial charge is 0.261 e. The van der Waals surface area contributed by atoms with Crippen LogP contribution in [0.25, 0.3) is 10.9 Å². The van der Waals surface area contributed by atoms with Crippen molar-refractivity contribution in [2.75, 3.05) is 19.6 Å². The summed E-state index contributed by atoms with van der Waals surface area (Å²) in [5.74, 6) is -0.122. The summed E-state index contributed by atoms with van der Waals surface area (Å²) in [6.45, 7) is 5.38. The summed E-state index contributed by atoms with van der Waals surface area (Å²) in [4.78, 5) is 31.4. The zero-order chi connectivity index (χ0) is 16.9. The number of aromatic nitrogens is 2. The first-order valence-electron chi connectivity index (χ1n) is 8.63. The van der Waals surface area contributed by atoms with Crippen molar-refractivity contribution in [1.82, 2.24) is 19.8 Å². The van der Waals surface area contributed by atoms with E-state index in [0.29, 0.717) is 10.9 Å². The van der Waals surface area contributed by atoms with Gasteiger partial charge in [-0.1, -0.05) is 19.1 Å². The van der Waals surface area contributed by atoms with Crippen molar-refractivity contribution >= 4 is 16.8 Å². The van der Waals surface area contributed by atoms with Crippen LogP contribution in [-0.2, 0) is 11.3 Å². The third kappa shape index (κ3) is 3.82. The van der Waals surface area contributed by atoms with E-state index in [1.54, 1.807) is 18.2 Å². The number of carbonyl (C=O) groups excluding carboxylic acids is 1. The highest BCUT2D eigenvalue weighted by atomic mass is 16.2. The Morgan fingerprint density at radius 1 is 1.29 bits per heavy atom. The quantitative estimate of drug-likeness (QED) is 0.901. The lowest BCUT2D eigenvalue weighted by molar-refractivity contribution is -0.122. The number of hydrogen-bond acceptors (Lipinski definition) is 4. The zero-order valence-electron chi connectivity index (χ0n) is 14.1. The monoisotopic (exact) mass is 328 g/mol. The van der Waals surface area contributed by atoms with Gasteiger partial charge in [0.25, 0.3) is 5.56 Å². The van der Waals surface area contributed by atoms with E-state index >= 15 is 0 Å². The molecule has 1 aliphatic heterocycles. The summed E-state index contributed by atoms with van der Waals surface area (Å²) < 4.78 is 1.38. The SMILES string of the molecule is CCCN1CCC(NC(=O)Cn2cnc3ccccc3c2=O)CC1. The number of nitrogens with zero attached hydrogens (tertiary/aromatic N) is 3. The van der Waals surface area contributed by atoms with Crippen molar-refractivity contribution in [1.29, 1.82) is 0 Å². The number of amides is 1. The van der Waals surface area contributed by atoms with E-state index in [-0.39, 0.29) is 24.1 Å². The largest absolute Gasteiger partial charge is 0.352 e. The van der Waals surface area contributed by atoms with Crippen molar-refractivity contribution in [3.63, 3.8) is 0 Å². The first kappa shape index (κ1) is 16.6. The average molecular weight is 328 g/mol. The minimum atomic E-state index is -0.173. The molecule has 0 unspecified atom stereocenters. The van der Waals surface area contributed by atoms with Crippen LogP contribution in [0.2, 0.25) is 0 Å². The van der Waals surface area contributed by atoms with E-state index in [9.17, 15) is 9.59 Å². The molecule has 2 aromatic rings. The molecule has 0 bridgehead atoms. The number of nitrogens with one attached hydrogen (secondary N) is 1. The summed E-state index contributed by atoms with van der Waals surface area (Å²) >= 11 is 0. The molecule has 0 atom stereocenters. The predicted octanol–water partition coefficient (Wildman–Crippen LogP) is 1.39. The molecular formula is C18H24N4O2. The summed E-state index contributed by atoms with van der Waals surface area (Å²) in [5, 5.41) is 3.59. The van der Waals surface area contributed by atoms with Gasteiger partial charge in [-0.15, -0.1) is 0 Å². The molecule has 128 valence electrons. The second-order valence-corrected chi connectivity index (χ2v) is 6.38. The average Bonchev–Trinajstić information content (AvgIpc) is 2.60. The Morgan fingerprint density at radius 2 is 2.04 bits per heavy atom. The Kier molecular flexibility index (Phi) is 5.25. The van der Waals surface area contributed by atoms with Gasteiger partial charge in [-0.3, -0.25) is 14.2 Å². The molecule has 24 heavy (non-hydrogen) atoms. The molecule has 1 aromatic carbocycles. The highest BCUT2D eigenvalue weighted by Gasteiger charge is 2.20. The van der Waals surface area contributed by atoms with Crippen LogP contribution >= 0.6 is 0 Å². The van der Waals surface area contributed by atoms with E-state index in [2.05, 4.69) is 22.1 Å². The maximum atomic E-state index is 12.4. The van der Waals surface area contributed by atoms with Crippen LogP contribution in [-0.4, -0.2) is 46.0 Å². The molecule has 6 nitrogen and oxygen atoms in total. The maximum Gasteiger partial charge on any atom is 0.261 e. The number of rotatable bonds is 5. The lowest BCUT2D eigenvalue weighted by Crippen LogP contribution is -2.46. The third-order valence-electron chi connectivity index (χ3n) is 4.54. The van der Waals surface area contributed by atoms with Gasteiger partial charge < -0.3 is 10.2 Å². The first-order chi connectivity index (χ1) is 11.7. The van der Waals surface area contributed by atoms with Crippen molar-refractivity contribution in [3.05, 3.63) is 40.9 Å². The molecule has 0 aliphatic carbocycles. The number of carbonyl (C=O) groups is 1. The maximum absolute atomic E-state index is 12.4. The number of piperidine rings is 1. The van der Waals surface area contributed by atoms with E-state index < -0.39 is 0 Å². The normalized spacial score (nSPS) is 16.4. The Morgan fingerprint density at radius 3 is 2.79 bits per heavy atom. The molecule has 1 aromatic heterocycles. The Labute approximate surface area is 141 Å². The van der Waals surface area contributed by atoms with E-state index in [4.69, 9.17) is 0 Å². The van der Waals surface area contributed by atoms with Gasteiger partial charge >= 0.3 is 0 Å². The molecule has 2 heterocycles. The number of fused-ring (bicyclic) bond motifs is 1. The molecule has 1 aliphatic rings. The number of likely N-dealkylation sites (tertiary alicyclic amines) is 1. The minimum Gasteiger partial charge on any atom is -0.352 e. The van der Waals surface area contributed by atoms with Crippen LogP contribution in [0.15, 0.2) is 35.4 Å². The predicted molar refractivity (Wildman–Crippen MR) is 93.9 cm³/mol. The van der Waals surface area contributed by atoms with Crippen molar-refractivity contribution in [3.8, 4) is 0 Å². The van der Waals surface area contributed by atoms with Crippen LogP contribution < -0.4 is 10.9 Å². The fraction of sp³-hybridized carbons (Fsp3) is 0.500. The van der Waals surface area contributed by atoms with Crippen LogP contribution in [0.5, 0.6) is 0 Å². The summed E-state index contributed by atoms with van der Waals surface area (Å²) in [7, 11) is 0. The van der Waals surface area contributed by atoms with Crippen molar-refractivity contribution in [2.24, 2.45) is 0 Å². The standard InChI is InChI=1S/C18H24N4O2/c1-2-9-21-10-7-14(8-11-21)20-17(23)12-22-13-19-16-6-4-3-5-15(16)18(22)24/h3-6,13-14H,2,7-12H2,1H3,(H,20,23). The highest BCUT2D eigenvalue weighted by molar-refractivity contribution is 5.79. The Hall–Kier alpha value is -2.21. The Balaban J connectivity index is 1.60. The summed E-state index contributed by atoms with van der Waals surface area (Å²) in [6, 6.07) is 7.39. The molecule has 1 saturated heterocycles. The second-order valence-electron chi connectivity index (χ2n) is 6.38. The third-order valence-corrected chi connectivity index (χ3v) is 4.54. The van der Waals surface area contributed by atoms with Crippen molar-refractivity contribution < 1.29 is 4.79 Å². The van der Waals surface area contributed by atoms with E-state index in [0.717, 1.165) is 38.9 Å². The topological polar surface area (TPSA) is 67.2 Å². The lowest BCUT2D eigenvalue weighted by atomic mass is 10.0. The van der Waals surface area contributed by atoms with Crippen LogP contribution in [0, 0.1) is 0 Å². The van der Waals surface area contributed by atoms with Gasteiger partial charge in [0.2, 0.25) is 5.91 Å². The molecule has 1 N–H and O–H groups in total. The minimum absolute atomic E-state index is 0.0197. The molecule has 0 spiro atoms. The summed E-state index contributed by atoms with van der Waals surface area (Å²) in [6.07, 6.45) is 4.55. The molecule has 6 heteroatoms. The van der Waals surface area contributed by atoms with Gasteiger partial charge in [0.1, 0.15) is 6.54 Å². The van der Waals surface area contributed by atoms with Gasteiger partial charge in [0.15, 0.2) is 0 Å². The molecule has 3 rings (SSSR count). The van der Waals surface area contributed by atoms with E-state index in [1.165, 1.54) is 10.9 Å². The van der Waals surface area contributed by atoms with Crippen molar-refractivity contribution in [2.45, 2.75) is 38.8 Å². The fourth-order valence-electron chi connectivity index (χ4n) is 3.26. The van der Waals surface area contributed by atoms with Gasteiger partial charge in [-0.25, -0.2) is 4.98 Å². The molecule has 0 radical (unpaired) electrons. The second kappa shape index (κ2) is 7.57. The van der Waals surface area contributed by atoms with Gasteiger partial charge in [-0.05, 0) is 37.9 Å². The first-order valence-corrected chi connectivity index (χ1v) is 8.63. The number of hydrogen-bond donors (Lipinski definition) is 1. The number of benzene rings is 1. The zero-order valence-corrected chi connectivity index (χ0v) is 14.1. The fourth-order valence-corrected chi connectivity index (χ4v) is 3.26. The highest BCUT2D eigenvalue weighted by Crippen LogP contribution is 2.10. The molecule has 1 fully saturated rings. The van der Waals surface area contributed by atoms with Crippen LogP contribution in [0.1, 0.15) is 26.2 Å². The van der Waals surface area contributed by atoms with Gasteiger partial charge in [0.05, 0.1) is 17.2 Å². The van der Waals surface area contributed by atoms with Gasteiger partial charge in [0, 0.05) is 19.1 Å². The summed E-state index contributed by atoms with van der Waals surface area (Å²) in [5.41, 5.74) is 0.482. The van der Waals surface area contributed by atoms with Crippen LogP contribution in [0.4, 0.5) is 0 Å². The molecular weight excluding hydrogens is 304 g/mol. The van der Waals surface area contributed by atoms with Gasteiger partial charge in [-0.2, -0.15) is 0 Å². The molecule has 0 saturated carbocycles. The lowest BCUT2D eigenvalue weighted by Gasteiger charge is -2.32.